The van der Waals surface area contributed by atoms with Gasteiger partial charge >= 0.3 is 29.6 Å². The summed E-state index contributed by atoms with van der Waals surface area (Å²) in [4.78, 5) is 13.8. The molecule has 0 aliphatic carbocycles. The third-order valence-corrected chi connectivity index (χ3v) is 2.94. The molecule has 0 unspecified atom stereocenters. The zero-order valence-electron chi connectivity index (χ0n) is 10.9. The average Bonchev–Trinajstić information content (AvgIpc) is 2.13. The minimum Gasteiger partial charge on any atom is -0.861 e. The predicted molar refractivity (Wildman–Crippen MR) is 63.4 cm³/mol. The van der Waals surface area contributed by atoms with Crippen LogP contribution in [-0.2, 0) is 14.9 Å². The van der Waals surface area contributed by atoms with E-state index in [1.807, 2.05) is 0 Å². The van der Waals surface area contributed by atoms with Gasteiger partial charge in [-0.05, 0) is 37.4 Å². The van der Waals surface area contributed by atoms with Gasteiger partial charge in [-0.25, -0.2) is 0 Å². The largest absolute Gasteiger partial charge is 1.00 e. The maximum atomic E-state index is 11.3. The normalized spacial score (nSPS) is 11.8. The van der Waals surface area contributed by atoms with E-state index in [2.05, 4.69) is 4.99 Å². The summed E-state index contributed by atoms with van der Waals surface area (Å²) in [5.74, 6) is -1.12. The number of benzene rings is 1. The first-order chi connectivity index (χ1) is 8.20. The van der Waals surface area contributed by atoms with Crippen molar-refractivity contribution in [2.24, 2.45) is 4.99 Å². The van der Waals surface area contributed by atoms with E-state index in [0.29, 0.717) is 5.56 Å². The van der Waals surface area contributed by atoms with E-state index in [9.17, 15) is 18.3 Å². The Morgan fingerprint density at radius 3 is 2.47 bits per heavy atom. The summed E-state index contributed by atoms with van der Waals surface area (Å²) in [5.41, 5.74) is 0.514. The van der Waals surface area contributed by atoms with Gasteiger partial charge in [0, 0.05) is 6.42 Å². The molecule has 6 nitrogen and oxygen atoms in total. The topological polar surface area (TPSA) is 107 Å². The first-order valence-corrected chi connectivity index (χ1v) is 6.46. The maximum Gasteiger partial charge on any atom is 1.00 e. The summed E-state index contributed by atoms with van der Waals surface area (Å²) in [6.45, 7) is 2.91. The molecular formula is C11H12NNaO5S. The Kier molecular flexibility index (Phi) is 6.88. The Balaban J connectivity index is 0.00000324. The van der Waals surface area contributed by atoms with Gasteiger partial charge in [0.2, 0.25) is 0 Å². The van der Waals surface area contributed by atoms with Gasteiger partial charge in [0.05, 0.1) is 5.69 Å². The van der Waals surface area contributed by atoms with E-state index in [-0.39, 0.29) is 41.0 Å². The summed E-state index contributed by atoms with van der Waals surface area (Å²) in [6, 6.07) is 3.98. The molecule has 0 aliphatic heterocycles. The van der Waals surface area contributed by atoms with Crippen LogP contribution >= 0.6 is 0 Å². The number of aliphatic imine (C=N–C) groups is 1. The van der Waals surface area contributed by atoms with Gasteiger partial charge < -0.3 is 5.11 Å². The number of carbonyl (C=O) groups excluding carboxylic acids is 1. The molecule has 98 valence electrons. The van der Waals surface area contributed by atoms with E-state index >= 15 is 0 Å². The van der Waals surface area contributed by atoms with Gasteiger partial charge in [0.25, 0.3) is 10.1 Å². The van der Waals surface area contributed by atoms with Gasteiger partial charge in [-0.2, -0.15) is 8.42 Å². The summed E-state index contributed by atoms with van der Waals surface area (Å²) >= 11 is 0. The van der Waals surface area contributed by atoms with Crippen molar-refractivity contribution in [2.75, 3.05) is 0 Å². The van der Waals surface area contributed by atoms with Crippen molar-refractivity contribution in [3.63, 3.8) is 0 Å². The SMILES string of the molecule is CC(=O)CC([O-])=Nc1cc(C)ccc1S(=O)(=O)O.[Na+]. The number of aryl methyl sites for hydroxylation is 1. The van der Waals surface area contributed by atoms with Crippen molar-refractivity contribution < 1.29 is 52.4 Å². The van der Waals surface area contributed by atoms with Crippen molar-refractivity contribution >= 4 is 27.5 Å². The molecule has 0 bridgehead atoms. The summed E-state index contributed by atoms with van der Waals surface area (Å²) in [6.07, 6.45) is -0.404. The van der Waals surface area contributed by atoms with E-state index in [1.165, 1.54) is 19.1 Å². The molecule has 0 amide bonds. The van der Waals surface area contributed by atoms with Crippen LogP contribution in [0.2, 0.25) is 0 Å². The molecule has 0 spiro atoms. The molecule has 0 aliphatic rings. The smallest absolute Gasteiger partial charge is 0.861 e. The molecule has 8 heteroatoms. The van der Waals surface area contributed by atoms with E-state index < -0.39 is 27.3 Å². The standard InChI is InChI=1S/C11H13NO5S.Na/c1-7-3-4-10(18(15,16)17)9(5-7)12-11(14)6-8(2)13;/h3-5H,6H2,1-2H3,(H,12,14)(H,15,16,17);/q;+1/p-1. The molecule has 1 N–H and O–H groups in total. The molecule has 0 heterocycles. The van der Waals surface area contributed by atoms with Crippen LogP contribution in [0.3, 0.4) is 0 Å². The van der Waals surface area contributed by atoms with Crippen LogP contribution in [0.5, 0.6) is 0 Å². The first-order valence-electron chi connectivity index (χ1n) is 5.02. The monoisotopic (exact) mass is 293 g/mol. The number of hydrogen-bond donors (Lipinski definition) is 1. The molecule has 19 heavy (non-hydrogen) atoms. The van der Waals surface area contributed by atoms with Crippen molar-refractivity contribution in [3.8, 4) is 0 Å². The molecule has 0 atom stereocenters. The number of hydrogen-bond acceptors (Lipinski definition) is 5. The average molecular weight is 293 g/mol. The molecule has 0 radical (unpaired) electrons. The van der Waals surface area contributed by atoms with Crippen LogP contribution in [-0.4, -0.2) is 24.7 Å². The predicted octanol–water partition coefficient (Wildman–Crippen LogP) is -2.38. The van der Waals surface area contributed by atoms with Crippen LogP contribution in [0.1, 0.15) is 18.9 Å². The molecular weight excluding hydrogens is 281 g/mol. The van der Waals surface area contributed by atoms with Crippen molar-refractivity contribution in [3.05, 3.63) is 23.8 Å². The van der Waals surface area contributed by atoms with Gasteiger partial charge in [-0.3, -0.25) is 14.3 Å². The third-order valence-electron chi connectivity index (χ3n) is 2.04. The minimum atomic E-state index is -4.46. The summed E-state index contributed by atoms with van der Waals surface area (Å²) in [5, 5.41) is 11.3. The molecule has 1 aromatic carbocycles. The Bertz CT molecular complexity index is 610. The van der Waals surface area contributed by atoms with E-state index in [0.717, 1.165) is 6.07 Å². The second-order valence-corrected chi connectivity index (χ2v) is 5.22. The fraction of sp³-hybridized carbons (Fsp3) is 0.273. The van der Waals surface area contributed by atoms with Crippen molar-refractivity contribution in [2.45, 2.75) is 25.2 Å². The van der Waals surface area contributed by atoms with Crippen LogP contribution in [0.4, 0.5) is 5.69 Å². The van der Waals surface area contributed by atoms with Crippen LogP contribution < -0.4 is 34.7 Å². The number of ketones is 1. The Hall–Kier alpha value is -0.730. The fourth-order valence-corrected chi connectivity index (χ4v) is 1.93. The first kappa shape index (κ1) is 18.3. The number of rotatable bonds is 4. The molecule has 1 rings (SSSR count). The zero-order valence-corrected chi connectivity index (χ0v) is 13.7. The second kappa shape index (κ2) is 7.16. The summed E-state index contributed by atoms with van der Waals surface area (Å²) < 4.78 is 31.2. The van der Waals surface area contributed by atoms with E-state index in [4.69, 9.17) is 4.55 Å². The zero-order chi connectivity index (χ0) is 13.9. The fourth-order valence-electron chi connectivity index (χ4n) is 1.32. The number of carbonyl (C=O) groups is 1. The maximum absolute atomic E-state index is 11.3. The third kappa shape index (κ3) is 5.84. The van der Waals surface area contributed by atoms with Crippen LogP contribution in [0, 0.1) is 6.92 Å². The molecule has 0 fully saturated rings. The quantitative estimate of drug-likeness (QED) is 0.289. The van der Waals surface area contributed by atoms with Gasteiger partial charge in [-0.15, -0.1) is 0 Å². The minimum absolute atomic E-state index is 0. The Morgan fingerprint density at radius 1 is 1.42 bits per heavy atom. The molecule has 0 saturated heterocycles. The van der Waals surface area contributed by atoms with E-state index in [1.54, 1.807) is 6.92 Å². The van der Waals surface area contributed by atoms with Gasteiger partial charge in [-0.1, -0.05) is 6.07 Å². The van der Waals surface area contributed by atoms with Crippen molar-refractivity contribution in [1.82, 2.24) is 0 Å². The molecule has 1 aromatic rings. The number of Topliss-reactive ketones (excluding diaryl/α,β-unsaturated/α-hetero) is 1. The summed E-state index contributed by atoms with van der Waals surface area (Å²) in [7, 11) is -4.46. The van der Waals surface area contributed by atoms with Crippen LogP contribution in [0.25, 0.3) is 0 Å². The van der Waals surface area contributed by atoms with Crippen molar-refractivity contribution in [1.29, 1.82) is 0 Å². The molecule has 0 saturated carbocycles. The Morgan fingerprint density at radius 2 is 2.00 bits per heavy atom. The number of nitrogens with zero attached hydrogens (tertiary/aromatic N) is 1. The second-order valence-electron chi connectivity index (χ2n) is 3.83. The van der Waals surface area contributed by atoms with Gasteiger partial charge in [0.1, 0.15) is 10.7 Å². The van der Waals surface area contributed by atoms with Gasteiger partial charge in [0.15, 0.2) is 0 Å². The molecule has 0 aromatic heterocycles. The Labute approximate surface area is 133 Å². The van der Waals surface area contributed by atoms with Crippen LogP contribution in [0.15, 0.2) is 28.1 Å².